The summed E-state index contributed by atoms with van der Waals surface area (Å²) < 4.78 is 0. The zero-order valence-corrected chi connectivity index (χ0v) is 15.7. The van der Waals surface area contributed by atoms with Crippen LogP contribution in [0.15, 0.2) is 89.1 Å². The van der Waals surface area contributed by atoms with Gasteiger partial charge in [-0.2, -0.15) is 0 Å². The van der Waals surface area contributed by atoms with Crippen LogP contribution in [-0.4, -0.2) is 52.5 Å². The molecule has 0 aliphatic carbocycles. The van der Waals surface area contributed by atoms with Gasteiger partial charge in [-0.25, -0.2) is 0 Å². The number of rotatable bonds is 6. The second-order valence-electron chi connectivity index (χ2n) is 6.88. The van der Waals surface area contributed by atoms with E-state index in [1.807, 2.05) is 54.9 Å². The van der Waals surface area contributed by atoms with E-state index < -0.39 is 0 Å². The molecule has 0 amide bonds. The van der Waals surface area contributed by atoms with E-state index in [0.717, 1.165) is 31.0 Å². The van der Waals surface area contributed by atoms with E-state index in [-0.39, 0.29) is 12.1 Å². The van der Waals surface area contributed by atoms with Crippen molar-refractivity contribution in [1.82, 2.24) is 14.9 Å². The van der Waals surface area contributed by atoms with Crippen molar-refractivity contribution >= 4 is 12.4 Å². The first kappa shape index (κ1) is 18.2. The Morgan fingerprint density at radius 2 is 1.29 bits per heavy atom. The van der Waals surface area contributed by atoms with Crippen molar-refractivity contribution in [3.8, 4) is 0 Å². The summed E-state index contributed by atoms with van der Waals surface area (Å²) in [5.74, 6) is 0. The molecule has 5 heteroatoms. The zero-order valence-electron chi connectivity index (χ0n) is 15.7. The minimum atomic E-state index is 0.102. The predicted octanol–water partition coefficient (Wildman–Crippen LogP) is 3.27. The van der Waals surface area contributed by atoms with Gasteiger partial charge < -0.3 is 0 Å². The van der Waals surface area contributed by atoms with Gasteiger partial charge in [0.05, 0.1) is 23.5 Å². The van der Waals surface area contributed by atoms with Crippen molar-refractivity contribution in [2.24, 2.45) is 9.98 Å². The molecular formula is C23H23N5. The van der Waals surface area contributed by atoms with Crippen LogP contribution >= 0.6 is 0 Å². The average molecular weight is 369 g/mol. The number of aromatic nitrogens is 2. The van der Waals surface area contributed by atoms with Gasteiger partial charge in [0.15, 0.2) is 0 Å². The Labute approximate surface area is 165 Å². The quantitative estimate of drug-likeness (QED) is 0.627. The first-order chi connectivity index (χ1) is 13.9. The number of hydrogen-bond donors (Lipinski definition) is 0. The fourth-order valence-corrected chi connectivity index (χ4v) is 3.36. The maximum Gasteiger partial charge on any atom is 0.0863 e. The molecule has 2 atom stereocenters. The molecule has 0 radical (unpaired) electrons. The van der Waals surface area contributed by atoms with E-state index in [2.05, 4.69) is 39.1 Å². The van der Waals surface area contributed by atoms with E-state index in [9.17, 15) is 0 Å². The Morgan fingerprint density at radius 1 is 0.750 bits per heavy atom. The summed E-state index contributed by atoms with van der Waals surface area (Å²) in [7, 11) is 0. The summed E-state index contributed by atoms with van der Waals surface area (Å²) in [5.41, 5.74) is 3.05. The monoisotopic (exact) mass is 369 g/mol. The lowest BCUT2D eigenvalue weighted by atomic mass is 10.2. The lowest BCUT2D eigenvalue weighted by Gasteiger charge is -2.14. The number of hydrogen-bond acceptors (Lipinski definition) is 5. The van der Waals surface area contributed by atoms with Crippen molar-refractivity contribution < 1.29 is 0 Å². The van der Waals surface area contributed by atoms with Crippen molar-refractivity contribution in [2.45, 2.75) is 18.6 Å². The highest BCUT2D eigenvalue weighted by Gasteiger charge is 2.31. The minimum Gasteiger partial charge on any atom is -0.295 e. The Balaban J connectivity index is 1.49. The van der Waals surface area contributed by atoms with Gasteiger partial charge in [-0.1, -0.05) is 42.5 Å². The van der Waals surface area contributed by atoms with Gasteiger partial charge in [-0.3, -0.25) is 24.9 Å². The largest absolute Gasteiger partial charge is 0.295 e. The second-order valence-corrected chi connectivity index (χ2v) is 6.88. The lowest BCUT2D eigenvalue weighted by molar-refractivity contribution is 0.324. The van der Waals surface area contributed by atoms with Crippen LogP contribution in [0.1, 0.15) is 17.0 Å². The summed E-state index contributed by atoms with van der Waals surface area (Å²) in [4.78, 5) is 20.7. The number of nitrogens with zero attached hydrogens (tertiary/aromatic N) is 5. The molecule has 140 valence electrons. The zero-order chi connectivity index (χ0) is 19.0. The van der Waals surface area contributed by atoms with Crippen molar-refractivity contribution in [1.29, 1.82) is 0 Å². The van der Waals surface area contributed by atoms with Crippen molar-refractivity contribution in [3.05, 3.63) is 96.1 Å². The molecule has 0 saturated carbocycles. The van der Waals surface area contributed by atoms with E-state index >= 15 is 0 Å². The van der Waals surface area contributed by atoms with Gasteiger partial charge in [0.25, 0.3) is 0 Å². The van der Waals surface area contributed by atoms with Crippen LogP contribution in [0.4, 0.5) is 0 Å². The Bertz CT molecular complexity index is 852. The minimum absolute atomic E-state index is 0.102. The van der Waals surface area contributed by atoms with Crippen LogP contribution < -0.4 is 0 Å². The molecule has 1 aliphatic rings. The van der Waals surface area contributed by atoms with E-state index in [0.29, 0.717) is 0 Å². The Hall–Kier alpha value is -3.18. The Morgan fingerprint density at radius 3 is 1.79 bits per heavy atom. The van der Waals surface area contributed by atoms with Crippen molar-refractivity contribution in [2.75, 3.05) is 13.1 Å². The van der Waals surface area contributed by atoms with E-state index in [4.69, 9.17) is 9.98 Å². The first-order valence-electron chi connectivity index (χ1n) is 9.51. The Kier molecular flexibility index (Phi) is 5.95. The van der Waals surface area contributed by atoms with Crippen LogP contribution in [0.5, 0.6) is 0 Å². The third-order valence-corrected chi connectivity index (χ3v) is 4.76. The molecule has 4 rings (SSSR count). The fraction of sp³-hybridized carbons (Fsp3) is 0.217. The molecular weight excluding hydrogens is 346 g/mol. The topological polar surface area (TPSA) is 53.7 Å². The molecule has 0 bridgehead atoms. The van der Waals surface area contributed by atoms with Gasteiger partial charge >= 0.3 is 0 Å². The summed E-state index contributed by atoms with van der Waals surface area (Å²) in [6.07, 6.45) is 7.29. The average Bonchev–Trinajstić information content (AvgIpc) is 3.14. The van der Waals surface area contributed by atoms with Gasteiger partial charge in [0, 0.05) is 44.5 Å². The standard InChI is InChI=1S/C23H23N5/c1-2-8-19(9-3-1)16-28-17-22(26-14-20-10-4-6-12-24-20)23(18-28)27-15-21-11-5-7-13-25-21/h1-15,22-23H,16-18H2/t22-,23-/m1/s1. The molecule has 3 aromatic rings. The molecule has 0 spiro atoms. The van der Waals surface area contributed by atoms with E-state index in [1.165, 1.54) is 5.56 Å². The summed E-state index contributed by atoms with van der Waals surface area (Å²) >= 11 is 0. The van der Waals surface area contributed by atoms with Crippen LogP contribution in [0.3, 0.4) is 0 Å². The highest BCUT2D eigenvalue weighted by atomic mass is 15.2. The maximum absolute atomic E-state index is 4.82. The molecule has 3 heterocycles. The van der Waals surface area contributed by atoms with Gasteiger partial charge in [0.1, 0.15) is 0 Å². The SMILES string of the molecule is C(=N[C@@H]1CN(Cc2ccccc2)C[C@H]1N=Cc1ccccn1)c1ccccn1. The normalized spacial score (nSPS) is 20.3. The van der Waals surface area contributed by atoms with Crippen LogP contribution in [0.2, 0.25) is 0 Å². The lowest BCUT2D eigenvalue weighted by Crippen LogP contribution is -2.21. The predicted molar refractivity (Wildman–Crippen MR) is 113 cm³/mol. The molecule has 28 heavy (non-hydrogen) atoms. The molecule has 1 aromatic carbocycles. The maximum atomic E-state index is 4.82. The molecule has 1 fully saturated rings. The highest BCUT2D eigenvalue weighted by Crippen LogP contribution is 2.19. The van der Waals surface area contributed by atoms with E-state index in [1.54, 1.807) is 12.4 Å². The fourth-order valence-electron chi connectivity index (χ4n) is 3.36. The summed E-state index contributed by atoms with van der Waals surface area (Å²) in [6, 6.07) is 22.4. The summed E-state index contributed by atoms with van der Waals surface area (Å²) in [5, 5.41) is 0. The number of pyridine rings is 2. The molecule has 2 aromatic heterocycles. The third kappa shape index (κ3) is 4.96. The van der Waals surface area contributed by atoms with Gasteiger partial charge in [-0.15, -0.1) is 0 Å². The van der Waals surface area contributed by atoms with Gasteiger partial charge in [-0.05, 0) is 29.8 Å². The third-order valence-electron chi connectivity index (χ3n) is 4.76. The van der Waals surface area contributed by atoms with Crippen LogP contribution in [0.25, 0.3) is 0 Å². The number of likely N-dealkylation sites (tertiary alicyclic amines) is 1. The molecule has 5 nitrogen and oxygen atoms in total. The molecule has 1 saturated heterocycles. The van der Waals surface area contributed by atoms with Crippen LogP contribution in [-0.2, 0) is 6.54 Å². The van der Waals surface area contributed by atoms with Gasteiger partial charge in [0.2, 0.25) is 0 Å². The number of aliphatic imine (C=N–C) groups is 2. The molecule has 0 N–H and O–H groups in total. The number of benzene rings is 1. The van der Waals surface area contributed by atoms with Crippen molar-refractivity contribution in [3.63, 3.8) is 0 Å². The summed E-state index contributed by atoms with van der Waals surface area (Å²) in [6.45, 7) is 2.66. The second kappa shape index (κ2) is 9.15. The molecule has 0 unspecified atom stereocenters. The smallest absolute Gasteiger partial charge is 0.0863 e. The van der Waals surface area contributed by atoms with Crippen LogP contribution in [0, 0.1) is 0 Å². The highest BCUT2D eigenvalue weighted by molar-refractivity contribution is 5.78. The first-order valence-corrected chi connectivity index (χ1v) is 9.51. The molecule has 1 aliphatic heterocycles.